The van der Waals surface area contributed by atoms with Crippen LogP contribution < -0.4 is 5.32 Å². The minimum atomic E-state index is -0.419. The highest BCUT2D eigenvalue weighted by molar-refractivity contribution is 5.06. The van der Waals surface area contributed by atoms with Gasteiger partial charge < -0.3 is 4.90 Å². The standard InChI is InChI=1S/C16H31N3/c1-12(2)18-16(6,11-17)8-15(5)19-9-13(3)7-14(4)10-19/h12-15,18H,7-10H2,1-6H3. The fraction of sp³-hybridized carbons (Fsp3) is 0.938. The van der Waals surface area contributed by atoms with Gasteiger partial charge in [0, 0.05) is 25.2 Å². The van der Waals surface area contributed by atoms with Gasteiger partial charge in [0.2, 0.25) is 0 Å². The van der Waals surface area contributed by atoms with E-state index in [1.165, 1.54) is 19.5 Å². The number of hydrogen-bond donors (Lipinski definition) is 1. The van der Waals surface area contributed by atoms with E-state index < -0.39 is 5.54 Å². The normalized spacial score (nSPS) is 29.8. The van der Waals surface area contributed by atoms with Gasteiger partial charge in [-0.15, -0.1) is 0 Å². The van der Waals surface area contributed by atoms with Crippen LogP contribution in [-0.4, -0.2) is 35.6 Å². The molecule has 1 fully saturated rings. The minimum Gasteiger partial charge on any atom is -0.300 e. The maximum Gasteiger partial charge on any atom is 0.105 e. The number of nitriles is 1. The summed E-state index contributed by atoms with van der Waals surface area (Å²) >= 11 is 0. The molecule has 110 valence electrons. The fourth-order valence-electron chi connectivity index (χ4n) is 3.56. The van der Waals surface area contributed by atoms with Crippen molar-refractivity contribution >= 4 is 0 Å². The summed E-state index contributed by atoms with van der Waals surface area (Å²) in [5.74, 6) is 1.55. The molecule has 0 amide bonds. The Bertz CT molecular complexity index is 310. The van der Waals surface area contributed by atoms with Gasteiger partial charge in [-0.3, -0.25) is 5.32 Å². The molecule has 4 unspecified atom stereocenters. The lowest BCUT2D eigenvalue weighted by molar-refractivity contribution is 0.0882. The SMILES string of the molecule is CC1CC(C)CN(C(C)CC(C)(C#N)NC(C)C)C1. The van der Waals surface area contributed by atoms with Crippen molar-refractivity contribution in [2.75, 3.05) is 13.1 Å². The zero-order valence-corrected chi connectivity index (χ0v) is 13.5. The Morgan fingerprint density at radius 3 is 2.21 bits per heavy atom. The molecule has 0 radical (unpaired) electrons. The van der Waals surface area contributed by atoms with E-state index in [1.807, 2.05) is 6.92 Å². The highest BCUT2D eigenvalue weighted by Gasteiger charge is 2.32. The van der Waals surface area contributed by atoms with Gasteiger partial charge in [-0.25, -0.2) is 0 Å². The second-order valence-electron chi connectivity index (χ2n) is 7.20. The lowest BCUT2D eigenvalue weighted by Gasteiger charge is -2.41. The number of nitrogens with zero attached hydrogens (tertiary/aromatic N) is 2. The Labute approximate surface area is 119 Å². The highest BCUT2D eigenvalue weighted by atomic mass is 15.2. The first-order valence-corrected chi connectivity index (χ1v) is 7.68. The van der Waals surface area contributed by atoms with E-state index in [9.17, 15) is 5.26 Å². The van der Waals surface area contributed by atoms with Gasteiger partial charge in [0.25, 0.3) is 0 Å². The summed E-state index contributed by atoms with van der Waals surface area (Å²) < 4.78 is 0. The first kappa shape index (κ1) is 16.5. The van der Waals surface area contributed by atoms with E-state index in [4.69, 9.17) is 0 Å². The Morgan fingerprint density at radius 1 is 1.26 bits per heavy atom. The molecule has 0 aromatic rings. The molecule has 0 aliphatic carbocycles. The molecule has 0 bridgehead atoms. The minimum absolute atomic E-state index is 0.344. The van der Waals surface area contributed by atoms with Crippen LogP contribution in [0.1, 0.15) is 54.4 Å². The predicted molar refractivity (Wildman–Crippen MR) is 80.9 cm³/mol. The number of piperidine rings is 1. The van der Waals surface area contributed by atoms with Crippen molar-refractivity contribution in [2.24, 2.45) is 11.8 Å². The second-order valence-corrected chi connectivity index (χ2v) is 7.20. The highest BCUT2D eigenvalue weighted by Crippen LogP contribution is 2.25. The molecule has 19 heavy (non-hydrogen) atoms. The largest absolute Gasteiger partial charge is 0.300 e. The number of nitrogens with one attached hydrogen (secondary N) is 1. The summed E-state index contributed by atoms with van der Waals surface area (Å²) in [5.41, 5.74) is -0.419. The van der Waals surface area contributed by atoms with Crippen molar-refractivity contribution in [1.29, 1.82) is 5.26 Å². The maximum atomic E-state index is 9.45. The summed E-state index contributed by atoms with van der Waals surface area (Å²) in [6.07, 6.45) is 2.23. The third-order valence-corrected chi connectivity index (χ3v) is 4.08. The summed E-state index contributed by atoms with van der Waals surface area (Å²) in [4.78, 5) is 2.57. The number of likely N-dealkylation sites (tertiary alicyclic amines) is 1. The molecule has 0 aromatic carbocycles. The average Bonchev–Trinajstić information content (AvgIpc) is 2.26. The third-order valence-electron chi connectivity index (χ3n) is 4.08. The van der Waals surface area contributed by atoms with Gasteiger partial charge in [0.05, 0.1) is 6.07 Å². The van der Waals surface area contributed by atoms with Crippen molar-refractivity contribution in [1.82, 2.24) is 10.2 Å². The van der Waals surface area contributed by atoms with E-state index in [0.717, 1.165) is 18.3 Å². The molecular formula is C16H31N3. The first-order chi connectivity index (χ1) is 8.75. The van der Waals surface area contributed by atoms with Crippen molar-refractivity contribution in [3.05, 3.63) is 0 Å². The summed E-state index contributed by atoms with van der Waals surface area (Å²) in [5, 5.41) is 12.9. The summed E-state index contributed by atoms with van der Waals surface area (Å²) in [6, 6.07) is 3.27. The van der Waals surface area contributed by atoms with E-state index >= 15 is 0 Å². The second kappa shape index (κ2) is 6.72. The molecule has 1 heterocycles. The van der Waals surface area contributed by atoms with Gasteiger partial charge in [0.1, 0.15) is 5.54 Å². The summed E-state index contributed by atoms with van der Waals surface area (Å²) in [6.45, 7) is 15.5. The Hall–Kier alpha value is -0.590. The first-order valence-electron chi connectivity index (χ1n) is 7.68. The molecule has 3 nitrogen and oxygen atoms in total. The Morgan fingerprint density at radius 2 is 1.79 bits per heavy atom. The molecule has 1 aliphatic rings. The average molecular weight is 265 g/mol. The maximum absolute atomic E-state index is 9.45. The van der Waals surface area contributed by atoms with Gasteiger partial charge in [0.15, 0.2) is 0 Å². The van der Waals surface area contributed by atoms with Gasteiger partial charge in [-0.1, -0.05) is 13.8 Å². The fourth-order valence-corrected chi connectivity index (χ4v) is 3.56. The van der Waals surface area contributed by atoms with Crippen molar-refractivity contribution in [3.63, 3.8) is 0 Å². The summed E-state index contributed by atoms with van der Waals surface area (Å²) in [7, 11) is 0. The van der Waals surface area contributed by atoms with Crippen LogP contribution in [0.2, 0.25) is 0 Å². The third kappa shape index (κ3) is 5.12. The topological polar surface area (TPSA) is 39.1 Å². The molecule has 1 saturated heterocycles. The quantitative estimate of drug-likeness (QED) is 0.830. The van der Waals surface area contributed by atoms with Crippen molar-refractivity contribution < 1.29 is 0 Å². The smallest absolute Gasteiger partial charge is 0.105 e. The Kier molecular flexibility index (Phi) is 5.82. The van der Waals surface area contributed by atoms with Crippen LogP contribution in [-0.2, 0) is 0 Å². The lowest BCUT2D eigenvalue weighted by Crippen LogP contribution is -2.52. The molecule has 0 aromatic heterocycles. The molecule has 0 saturated carbocycles. The molecule has 1 rings (SSSR count). The Balaban J connectivity index is 2.62. The lowest BCUT2D eigenvalue weighted by atomic mass is 9.88. The van der Waals surface area contributed by atoms with Crippen molar-refractivity contribution in [3.8, 4) is 6.07 Å². The van der Waals surface area contributed by atoms with Gasteiger partial charge in [-0.05, 0) is 52.4 Å². The van der Waals surface area contributed by atoms with Crippen LogP contribution >= 0.6 is 0 Å². The van der Waals surface area contributed by atoms with Crippen LogP contribution in [0, 0.1) is 23.2 Å². The monoisotopic (exact) mass is 265 g/mol. The van der Waals surface area contributed by atoms with Crippen molar-refractivity contribution in [2.45, 2.75) is 72.0 Å². The molecule has 0 spiro atoms. The molecule has 1 aliphatic heterocycles. The van der Waals surface area contributed by atoms with E-state index in [1.54, 1.807) is 0 Å². The van der Waals surface area contributed by atoms with E-state index in [0.29, 0.717) is 12.1 Å². The van der Waals surface area contributed by atoms with E-state index in [-0.39, 0.29) is 0 Å². The predicted octanol–water partition coefficient (Wildman–Crippen LogP) is 3.02. The van der Waals surface area contributed by atoms with Crippen LogP contribution in [0.15, 0.2) is 0 Å². The molecular weight excluding hydrogens is 234 g/mol. The van der Waals surface area contributed by atoms with Crippen LogP contribution in [0.5, 0.6) is 0 Å². The zero-order valence-electron chi connectivity index (χ0n) is 13.5. The zero-order chi connectivity index (χ0) is 14.6. The molecule has 1 N–H and O–H groups in total. The van der Waals surface area contributed by atoms with Crippen LogP contribution in [0.4, 0.5) is 0 Å². The van der Waals surface area contributed by atoms with Crippen LogP contribution in [0.3, 0.4) is 0 Å². The number of hydrogen-bond acceptors (Lipinski definition) is 3. The molecule has 4 atom stereocenters. The van der Waals surface area contributed by atoms with Crippen LogP contribution in [0.25, 0.3) is 0 Å². The van der Waals surface area contributed by atoms with Gasteiger partial charge in [-0.2, -0.15) is 5.26 Å². The number of rotatable bonds is 5. The van der Waals surface area contributed by atoms with Gasteiger partial charge >= 0.3 is 0 Å². The van der Waals surface area contributed by atoms with E-state index in [2.05, 4.69) is 50.9 Å². The molecule has 3 heteroatoms.